The van der Waals surface area contributed by atoms with Crippen molar-refractivity contribution in [3.05, 3.63) is 39.7 Å². The first-order valence-electron chi connectivity index (χ1n) is 15.2. The molecule has 42 heavy (non-hydrogen) atoms. The molecule has 3 aliphatic carbocycles. The van der Waals surface area contributed by atoms with Crippen LogP contribution in [0.4, 0.5) is 0 Å². The van der Waals surface area contributed by atoms with E-state index in [1.165, 1.54) is 0 Å². The van der Waals surface area contributed by atoms with E-state index in [0.29, 0.717) is 66.7 Å². The van der Waals surface area contributed by atoms with Crippen LogP contribution >= 0.6 is 11.6 Å². The predicted molar refractivity (Wildman–Crippen MR) is 157 cm³/mol. The number of aliphatic carboxylic acids is 1. The van der Waals surface area contributed by atoms with Gasteiger partial charge in [-0.25, -0.2) is 5.84 Å². The lowest BCUT2D eigenvalue weighted by Crippen LogP contribution is -2.54. The Kier molecular flexibility index (Phi) is 7.37. The highest BCUT2D eigenvalue weighted by Gasteiger charge is 2.56. The van der Waals surface area contributed by atoms with E-state index < -0.39 is 23.5 Å². The first-order chi connectivity index (χ1) is 20.0. The fourth-order valence-electron chi connectivity index (χ4n) is 7.56. The van der Waals surface area contributed by atoms with E-state index in [0.717, 1.165) is 49.8 Å². The number of nitrogens with two attached hydrogens (primary N) is 2. The summed E-state index contributed by atoms with van der Waals surface area (Å²) in [5.74, 6) is 5.08. The Balaban J connectivity index is 1.40. The van der Waals surface area contributed by atoms with Crippen LogP contribution in [0.3, 0.4) is 0 Å². The van der Waals surface area contributed by atoms with Crippen molar-refractivity contribution in [3.8, 4) is 5.75 Å². The van der Waals surface area contributed by atoms with Crippen LogP contribution in [0, 0.1) is 22.7 Å². The summed E-state index contributed by atoms with van der Waals surface area (Å²) in [6.45, 7) is 2.68. The van der Waals surface area contributed by atoms with Crippen molar-refractivity contribution >= 4 is 29.4 Å². The van der Waals surface area contributed by atoms with Gasteiger partial charge in [-0.3, -0.25) is 14.4 Å². The summed E-state index contributed by atoms with van der Waals surface area (Å²) < 4.78 is 6.38. The van der Waals surface area contributed by atoms with Crippen molar-refractivity contribution < 1.29 is 24.2 Å². The van der Waals surface area contributed by atoms with Gasteiger partial charge in [-0.2, -0.15) is 0 Å². The Morgan fingerprint density at radius 3 is 2.55 bits per heavy atom. The third-order valence-corrected chi connectivity index (χ3v) is 10.7. The lowest BCUT2D eigenvalue weighted by molar-refractivity contribution is -0.165. The molecule has 0 radical (unpaired) electrons. The maximum Gasteiger partial charge on any atom is 0.310 e. The number of ether oxygens (including phenoxy) is 1. The van der Waals surface area contributed by atoms with Crippen molar-refractivity contribution in [3.63, 3.8) is 0 Å². The molecule has 5 N–H and O–H groups in total. The fraction of sp³-hybridized carbons (Fsp3) is 0.645. The van der Waals surface area contributed by atoms with E-state index in [2.05, 4.69) is 0 Å². The lowest BCUT2D eigenvalue weighted by Gasteiger charge is -2.47. The summed E-state index contributed by atoms with van der Waals surface area (Å²) in [5.41, 5.74) is 8.24. The molecule has 1 aromatic rings. The first-order valence-corrected chi connectivity index (χ1v) is 15.6. The molecule has 0 bridgehead atoms. The summed E-state index contributed by atoms with van der Waals surface area (Å²) in [7, 11) is 1.77. The second kappa shape index (κ2) is 10.6. The van der Waals surface area contributed by atoms with Crippen molar-refractivity contribution in [2.45, 2.75) is 77.3 Å². The Labute approximate surface area is 251 Å². The third kappa shape index (κ3) is 5.00. The van der Waals surface area contributed by atoms with Crippen molar-refractivity contribution in [2.24, 2.45) is 34.2 Å². The molecule has 1 saturated heterocycles. The van der Waals surface area contributed by atoms with Gasteiger partial charge in [0, 0.05) is 43.1 Å². The van der Waals surface area contributed by atoms with Gasteiger partial charge in [0.25, 0.3) is 0 Å². The Morgan fingerprint density at radius 1 is 1.19 bits per heavy atom. The second-order valence-electron chi connectivity index (χ2n) is 13.4. The summed E-state index contributed by atoms with van der Waals surface area (Å²) in [6, 6.07) is 3.58. The number of hydrogen-bond donors (Lipinski definition) is 3. The smallest absolute Gasteiger partial charge is 0.310 e. The van der Waals surface area contributed by atoms with Gasteiger partial charge in [-0.15, -0.1) is 0 Å². The highest BCUT2D eigenvalue weighted by Crippen LogP contribution is 2.56. The number of carbonyl (C=O) groups excluding carboxylic acids is 2. The number of fused-ring (bicyclic) bond motifs is 1. The van der Waals surface area contributed by atoms with Crippen molar-refractivity contribution in [2.75, 3.05) is 26.7 Å². The van der Waals surface area contributed by atoms with Gasteiger partial charge in [0.1, 0.15) is 18.5 Å². The molecule has 3 atom stereocenters. The fourth-order valence-corrected chi connectivity index (χ4v) is 7.81. The highest BCUT2D eigenvalue weighted by atomic mass is 35.5. The van der Waals surface area contributed by atoms with E-state index >= 15 is 0 Å². The molecule has 0 aromatic heterocycles. The van der Waals surface area contributed by atoms with Gasteiger partial charge in [-0.1, -0.05) is 24.4 Å². The molecule has 11 heteroatoms. The van der Waals surface area contributed by atoms with Gasteiger partial charge in [0.15, 0.2) is 0 Å². The van der Waals surface area contributed by atoms with Crippen LogP contribution in [0.15, 0.2) is 23.5 Å². The van der Waals surface area contributed by atoms with E-state index in [1.54, 1.807) is 36.0 Å². The number of hydrogen-bond acceptors (Lipinski definition) is 7. The maximum atomic E-state index is 14.4. The molecule has 2 amide bonds. The molecule has 10 nitrogen and oxygen atoms in total. The van der Waals surface area contributed by atoms with E-state index in [-0.39, 0.29) is 23.8 Å². The quantitative estimate of drug-likeness (QED) is 0.303. The number of nitrogens with zero attached hydrogens (tertiary/aromatic N) is 3. The average molecular weight is 600 g/mol. The van der Waals surface area contributed by atoms with Crippen LogP contribution in [0.2, 0.25) is 5.02 Å². The number of carboxylic acid groups (broad SMARTS) is 1. The Hall–Kier alpha value is -2.98. The van der Waals surface area contributed by atoms with E-state index in [1.807, 2.05) is 4.90 Å². The molecular weight excluding hydrogens is 558 g/mol. The number of carbonyl (C=O) groups is 3. The zero-order valence-corrected chi connectivity index (χ0v) is 25.3. The van der Waals surface area contributed by atoms with Gasteiger partial charge in [0.2, 0.25) is 11.8 Å². The molecule has 1 aromatic carbocycles. The van der Waals surface area contributed by atoms with Gasteiger partial charge in [0.05, 0.1) is 22.7 Å². The van der Waals surface area contributed by atoms with E-state index in [9.17, 15) is 19.5 Å². The van der Waals surface area contributed by atoms with Crippen LogP contribution in [0.5, 0.6) is 5.75 Å². The average Bonchev–Trinajstić information content (AvgIpc) is 3.88. The molecule has 1 spiro atoms. The third-order valence-electron chi connectivity index (χ3n) is 10.4. The van der Waals surface area contributed by atoms with Crippen LogP contribution in [-0.2, 0) is 20.8 Å². The van der Waals surface area contributed by atoms with Crippen LogP contribution in [-0.4, -0.2) is 64.4 Å². The lowest BCUT2D eigenvalue weighted by atomic mass is 9.66. The minimum Gasteiger partial charge on any atom is -0.487 e. The Bertz CT molecular complexity index is 1330. The number of carboxylic acids is 1. The molecular formula is C31H42ClN5O5. The van der Waals surface area contributed by atoms with Crippen molar-refractivity contribution in [1.29, 1.82) is 0 Å². The molecule has 2 aliphatic heterocycles. The summed E-state index contributed by atoms with van der Waals surface area (Å²) in [4.78, 5) is 44.1. The number of amides is 2. The van der Waals surface area contributed by atoms with Crippen LogP contribution in [0.25, 0.3) is 0 Å². The number of allylic oxidation sites excluding steroid dienone is 1. The summed E-state index contributed by atoms with van der Waals surface area (Å²) >= 11 is 6.76. The number of rotatable bonds is 8. The monoisotopic (exact) mass is 599 g/mol. The molecule has 1 unspecified atom stereocenters. The number of likely N-dealkylation sites (tertiary alicyclic amines) is 1. The zero-order valence-electron chi connectivity index (χ0n) is 24.5. The minimum atomic E-state index is -1.16. The zero-order chi connectivity index (χ0) is 30.0. The largest absolute Gasteiger partial charge is 0.487 e. The SMILES string of the molecule is CN(N)/C(=C(\N)COc1ccc(Cl)c2c1C(N1CC3(CC3)CC1=O)N(C(=O)[C@@H]1CCCC[C@]1(C)C(=O)O)CC2)C1CC1. The topological polar surface area (TPSA) is 142 Å². The standard InChI is InChI=1S/C31H42ClN5O5/c1-30(29(40)41)11-4-3-5-20(30)28(39)36-14-10-19-21(32)8-9-23(42-16-22(33)26(35(2)34)18-6-7-18)25(19)27(36)37-17-31(12-13-31)15-24(37)38/h8-9,18,20,27H,3-7,10-17,33-34H2,1-2H3,(H,40,41)/b26-22-/t20-,27?,30-/m0/s1. The van der Waals surface area contributed by atoms with E-state index in [4.69, 9.17) is 27.9 Å². The number of hydrazine groups is 1. The molecule has 228 valence electrons. The second-order valence-corrected chi connectivity index (χ2v) is 13.8. The van der Waals surface area contributed by atoms with Crippen LogP contribution in [0.1, 0.15) is 82.0 Å². The van der Waals surface area contributed by atoms with Gasteiger partial charge in [-0.05, 0) is 75.0 Å². The van der Waals surface area contributed by atoms with Gasteiger partial charge >= 0.3 is 5.97 Å². The number of halogens is 1. The predicted octanol–water partition coefficient (Wildman–Crippen LogP) is 3.78. The molecule has 4 fully saturated rings. The summed E-state index contributed by atoms with van der Waals surface area (Å²) in [6.07, 6.45) is 6.76. The maximum absolute atomic E-state index is 14.4. The molecule has 6 rings (SSSR count). The first kappa shape index (κ1) is 29.1. The molecule has 3 saturated carbocycles. The summed E-state index contributed by atoms with van der Waals surface area (Å²) in [5, 5.41) is 12.3. The van der Waals surface area contributed by atoms with Crippen molar-refractivity contribution in [1.82, 2.24) is 14.8 Å². The van der Waals surface area contributed by atoms with Crippen LogP contribution < -0.4 is 16.3 Å². The Morgan fingerprint density at radius 2 is 1.93 bits per heavy atom. The minimum absolute atomic E-state index is 0.00102. The normalized spacial score (nSPS) is 28.8. The number of benzene rings is 1. The highest BCUT2D eigenvalue weighted by molar-refractivity contribution is 6.31. The molecule has 2 heterocycles. The van der Waals surface area contributed by atoms with Gasteiger partial charge < -0.3 is 30.4 Å². The molecule has 5 aliphatic rings.